The molecule has 0 aliphatic carbocycles. The van der Waals surface area contributed by atoms with Crippen LogP contribution < -0.4 is 10.5 Å². The average Bonchev–Trinajstić information content (AvgIpc) is 2.31. The highest BCUT2D eigenvalue weighted by molar-refractivity contribution is 9.10. The fourth-order valence-corrected chi connectivity index (χ4v) is 1.67. The van der Waals surface area contributed by atoms with Crippen LogP contribution in [-0.4, -0.2) is 14.9 Å². The lowest BCUT2D eigenvalue weighted by atomic mass is 10.3. The van der Waals surface area contributed by atoms with Crippen molar-refractivity contribution in [1.29, 1.82) is 0 Å². The van der Waals surface area contributed by atoms with Crippen LogP contribution in [0.15, 0.2) is 35.1 Å². The minimum absolute atomic E-state index is 0.0808. The van der Waals surface area contributed by atoms with Gasteiger partial charge >= 0.3 is 0 Å². The van der Waals surface area contributed by atoms with Crippen LogP contribution in [0.1, 0.15) is 0 Å². The Hall–Kier alpha value is -2.22. The van der Waals surface area contributed by atoms with E-state index >= 15 is 0 Å². The van der Waals surface area contributed by atoms with E-state index in [4.69, 9.17) is 10.5 Å². The van der Waals surface area contributed by atoms with Crippen LogP contribution in [0.25, 0.3) is 0 Å². The van der Waals surface area contributed by atoms with Crippen LogP contribution in [0.2, 0.25) is 0 Å². The van der Waals surface area contributed by atoms with Gasteiger partial charge in [0.05, 0.1) is 23.4 Å². The predicted molar refractivity (Wildman–Crippen MR) is 67.3 cm³/mol. The van der Waals surface area contributed by atoms with Gasteiger partial charge in [-0.2, -0.15) is 0 Å². The molecule has 0 saturated carbocycles. The molecule has 18 heavy (non-hydrogen) atoms. The van der Waals surface area contributed by atoms with Gasteiger partial charge in [-0.05, 0) is 6.07 Å². The summed E-state index contributed by atoms with van der Waals surface area (Å²) in [5, 5.41) is 10.7. The summed E-state index contributed by atoms with van der Waals surface area (Å²) in [4.78, 5) is 17.9. The Labute approximate surface area is 110 Å². The molecule has 1 aromatic carbocycles. The molecule has 0 spiro atoms. The fourth-order valence-electron chi connectivity index (χ4n) is 1.21. The van der Waals surface area contributed by atoms with E-state index in [0.717, 1.165) is 0 Å². The lowest BCUT2D eigenvalue weighted by Gasteiger charge is -2.04. The molecule has 0 fully saturated rings. The molecular formula is C10H7BrN4O3. The lowest BCUT2D eigenvalue weighted by Crippen LogP contribution is -1.94. The summed E-state index contributed by atoms with van der Waals surface area (Å²) >= 11 is 3.17. The molecule has 2 N–H and O–H groups in total. The number of nitrogen functional groups attached to an aromatic ring is 1. The van der Waals surface area contributed by atoms with E-state index < -0.39 is 4.92 Å². The molecule has 0 atom stereocenters. The number of rotatable bonds is 3. The number of aromatic nitrogens is 2. The predicted octanol–water partition coefficient (Wildman–Crippen LogP) is 2.52. The number of nitro benzene ring substituents is 1. The third kappa shape index (κ3) is 2.92. The molecule has 2 rings (SSSR count). The second kappa shape index (κ2) is 4.96. The van der Waals surface area contributed by atoms with Gasteiger partial charge in [0.1, 0.15) is 11.6 Å². The van der Waals surface area contributed by atoms with Gasteiger partial charge in [0.2, 0.25) is 5.88 Å². The van der Waals surface area contributed by atoms with Crippen molar-refractivity contribution in [2.75, 3.05) is 5.73 Å². The highest BCUT2D eigenvalue weighted by Gasteiger charge is 2.10. The third-order valence-corrected chi connectivity index (χ3v) is 2.40. The first kappa shape index (κ1) is 12.2. The Kier molecular flexibility index (Phi) is 3.38. The van der Waals surface area contributed by atoms with Gasteiger partial charge in [0, 0.05) is 10.5 Å². The van der Waals surface area contributed by atoms with Crippen molar-refractivity contribution in [2.24, 2.45) is 0 Å². The van der Waals surface area contributed by atoms with Crippen LogP contribution in [0.5, 0.6) is 11.6 Å². The molecule has 0 aliphatic rings. The van der Waals surface area contributed by atoms with E-state index in [1.54, 1.807) is 6.07 Å². The summed E-state index contributed by atoms with van der Waals surface area (Å²) in [7, 11) is 0. The first-order valence-electron chi connectivity index (χ1n) is 4.75. The fraction of sp³-hybridized carbons (Fsp3) is 0. The number of non-ortho nitro benzene ring substituents is 1. The van der Waals surface area contributed by atoms with Crippen LogP contribution >= 0.6 is 15.9 Å². The molecule has 0 amide bonds. The normalized spacial score (nSPS) is 10.1. The van der Waals surface area contributed by atoms with E-state index in [1.807, 2.05) is 0 Å². The molecule has 1 aromatic heterocycles. The number of nitro groups is 1. The molecule has 0 bridgehead atoms. The number of hydrogen-bond acceptors (Lipinski definition) is 6. The molecule has 92 valence electrons. The molecule has 0 radical (unpaired) electrons. The van der Waals surface area contributed by atoms with Crippen molar-refractivity contribution >= 4 is 27.4 Å². The van der Waals surface area contributed by atoms with Crippen LogP contribution in [0.3, 0.4) is 0 Å². The van der Waals surface area contributed by atoms with Gasteiger partial charge in [-0.15, -0.1) is 0 Å². The van der Waals surface area contributed by atoms with Crippen LogP contribution in [-0.2, 0) is 0 Å². The standard InChI is InChI=1S/C10H7BrN4O3/c11-6-1-7(15(16)17)3-8(2-6)18-10-5-13-9(12)4-14-10/h1-5H,(H2,12,13). The van der Waals surface area contributed by atoms with Crippen LogP contribution in [0, 0.1) is 10.1 Å². The summed E-state index contributed by atoms with van der Waals surface area (Å²) in [5.74, 6) is 0.759. The second-order valence-electron chi connectivity index (χ2n) is 3.28. The SMILES string of the molecule is Nc1cnc(Oc2cc(Br)cc([N+](=O)[O-])c2)cn1. The molecule has 0 unspecified atom stereocenters. The van der Waals surface area contributed by atoms with Crippen molar-refractivity contribution in [3.8, 4) is 11.6 Å². The Bertz CT molecular complexity index is 588. The maximum atomic E-state index is 10.7. The van der Waals surface area contributed by atoms with Gasteiger partial charge < -0.3 is 10.5 Å². The first-order valence-corrected chi connectivity index (χ1v) is 5.54. The maximum absolute atomic E-state index is 10.7. The molecule has 1 heterocycles. The van der Waals surface area contributed by atoms with Crippen molar-refractivity contribution < 1.29 is 9.66 Å². The summed E-state index contributed by atoms with van der Waals surface area (Å²) < 4.78 is 5.88. The summed E-state index contributed by atoms with van der Waals surface area (Å²) in [6.07, 6.45) is 2.67. The highest BCUT2D eigenvalue weighted by Crippen LogP contribution is 2.28. The second-order valence-corrected chi connectivity index (χ2v) is 4.20. The van der Waals surface area contributed by atoms with E-state index in [9.17, 15) is 10.1 Å². The number of anilines is 1. The number of benzene rings is 1. The monoisotopic (exact) mass is 310 g/mol. The van der Waals surface area contributed by atoms with Gasteiger partial charge in [-0.25, -0.2) is 9.97 Å². The molecule has 0 saturated heterocycles. The van der Waals surface area contributed by atoms with Gasteiger partial charge in [0.15, 0.2) is 0 Å². The molecule has 7 nitrogen and oxygen atoms in total. The highest BCUT2D eigenvalue weighted by atomic mass is 79.9. The van der Waals surface area contributed by atoms with E-state index in [1.165, 1.54) is 24.5 Å². The number of halogens is 1. The molecule has 2 aromatic rings. The summed E-state index contributed by atoms with van der Waals surface area (Å²) in [6.45, 7) is 0. The maximum Gasteiger partial charge on any atom is 0.274 e. The lowest BCUT2D eigenvalue weighted by molar-refractivity contribution is -0.385. The van der Waals surface area contributed by atoms with E-state index in [-0.39, 0.29) is 23.1 Å². The Balaban J connectivity index is 2.28. The van der Waals surface area contributed by atoms with Crippen molar-refractivity contribution in [2.45, 2.75) is 0 Å². The Morgan fingerprint density at radius 2 is 2.06 bits per heavy atom. The zero-order valence-corrected chi connectivity index (χ0v) is 10.5. The summed E-state index contributed by atoms with van der Waals surface area (Å²) in [5.41, 5.74) is 5.30. The van der Waals surface area contributed by atoms with Gasteiger partial charge in [-0.3, -0.25) is 10.1 Å². The number of hydrogen-bond donors (Lipinski definition) is 1. The minimum atomic E-state index is -0.508. The number of ether oxygens (including phenoxy) is 1. The Morgan fingerprint density at radius 3 is 2.67 bits per heavy atom. The Morgan fingerprint density at radius 1 is 1.28 bits per heavy atom. The van der Waals surface area contributed by atoms with Crippen molar-refractivity contribution in [3.63, 3.8) is 0 Å². The number of nitrogens with zero attached hydrogens (tertiary/aromatic N) is 3. The first-order chi connectivity index (χ1) is 8.54. The van der Waals surface area contributed by atoms with E-state index in [2.05, 4.69) is 25.9 Å². The van der Waals surface area contributed by atoms with Crippen LogP contribution in [0.4, 0.5) is 11.5 Å². The summed E-state index contributed by atoms with van der Waals surface area (Å²) in [6, 6.07) is 4.26. The zero-order valence-electron chi connectivity index (χ0n) is 8.91. The van der Waals surface area contributed by atoms with Crippen molar-refractivity contribution in [1.82, 2.24) is 9.97 Å². The minimum Gasteiger partial charge on any atom is -0.437 e. The number of nitrogens with two attached hydrogens (primary N) is 1. The quantitative estimate of drug-likeness (QED) is 0.690. The smallest absolute Gasteiger partial charge is 0.274 e. The van der Waals surface area contributed by atoms with E-state index in [0.29, 0.717) is 4.47 Å². The average molecular weight is 311 g/mol. The molecule has 0 aliphatic heterocycles. The largest absolute Gasteiger partial charge is 0.437 e. The molecule has 8 heteroatoms. The van der Waals surface area contributed by atoms with Gasteiger partial charge in [0.25, 0.3) is 5.69 Å². The third-order valence-electron chi connectivity index (χ3n) is 1.94. The zero-order chi connectivity index (χ0) is 13.1. The van der Waals surface area contributed by atoms with Crippen molar-refractivity contribution in [3.05, 3.63) is 45.2 Å². The topological polar surface area (TPSA) is 104 Å². The van der Waals surface area contributed by atoms with Gasteiger partial charge in [-0.1, -0.05) is 15.9 Å². The molecular weight excluding hydrogens is 304 g/mol.